The van der Waals surface area contributed by atoms with Crippen molar-refractivity contribution in [1.29, 1.82) is 0 Å². The fourth-order valence-corrected chi connectivity index (χ4v) is 3.75. The second-order valence-electron chi connectivity index (χ2n) is 7.96. The van der Waals surface area contributed by atoms with Crippen molar-refractivity contribution in [3.05, 3.63) is 76.6 Å². The topological polar surface area (TPSA) is 97.8 Å². The van der Waals surface area contributed by atoms with Gasteiger partial charge in [0, 0.05) is 31.6 Å². The number of morpholine rings is 1. The third-order valence-corrected chi connectivity index (χ3v) is 5.64. The number of aromatic nitrogens is 1. The van der Waals surface area contributed by atoms with E-state index >= 15 is 0 Å². The average Bonchev–Trinajstić information content (AvgIpc) is 3.40. The molecule has 1 N–H and O–H groups in total. The average molecular weight is 437 g/mol. The zero-order valence-electron chi connectivity index (χ0n) is 18.3. The summed E-state index contributed by atoms with van der Waals surface area (Å²) in [4.78, 5) is 26.5. The lowest BCUT2D eigenvalue weighted by atomic mass is 10.1. The first-order chi connectivity index (χ1) is 15.5. The standard InChI is InChI=1S/C24H27N3O5/c1-16-21(17(2)32-26-16)12-19-8-9-22(31-19)24(29)25-13-20-14-27(23(28)15-30-20)11-10-18-6-4-3-5-7-18/h3-9,20H,10-15H2,1-2H3,(H,25,29). The Morgan fingerprint density at radius 1 is 1.19 bits per heavy atom. The number of nitrogens with zero attached hydrogens (tertiary/aromatic N) is 2. The molecule has 0 bridgehead atoms. The van der Waals surface area contributed by atoms with Crippen LogP contribution in [0, 0.1) is 13.8 Å². The monoisotopic (exact) mass is 437 g/mol. The summed E-state index contributed by atoms with van der Waals surface area (Å²) in [5.74, 6) is 1.30. The van der Waals surface area contributed by atoms with Gasteiger partial charge in [0.2, 0.25) is 5.91 Å². The number of hydrogen-bond acceptors (Lipinski definition) is 6. The summed E-state index contributed by atoms with van der Waals surface area (Å²) >= 11 is 0. The maximum atomic E-state index is 12.5. The highest BCUT2D eigenvalue weighted by Gasteiger charge is 2.26. The zero-order valence-corrected chi connectivity index (χ0v) is 18.3. The fraction of sp³-hybridized carbons (Fsp3) is 0.375. The number of nitrogens with one attached hydrogen (secondary N) is 1. The summed E-state index contributed by atoms with van der Waals surface area (Å²) in [5, 5.41) is 6.79. The highest BCUT2D eigenvalue weighted by molar-refractivity contribution is 5.91. The Bertz CT molecular complexity index is 1050. The van der Waals surface area contributed by atoms with E-state index in [2.05, 4.69) is 10.5 Å². The lowest BCUT2D eigenvalue weighted by molar-refractivity contribution is -0.148. The lowest BCUT2D eigenvalue weighted by Crippen LogP contribution is -2.51. The van der Waals surface area contributed by atoms with E-state index in [0.717, 1.165) is 23.4 Å². The van der Waals surface area contributed by atoms with Crippen molar-refractivity contribution in [2.24, 2.45) is 0 Å². The number of amides is 2. The minimum absolute atomic E-state index is 0.0255. The molecule has 1 fully saturated rings. The summed E-state index contributed by atoms with van der Waals surface area (Å²) < 4.78 is 16.5. The van der Waals surface area contributed by atoms with Crippen molar-refractivity contribution in [3.8, 4) is 0 Å². The molecule has 1 aliphatic heterocycles. The van der Waals surface area contributed by atoms with E-state index < -0.39 is 0 Å². The molecule has 1 unspecified atom stereocenters. The number of carbonyl (C=O) groups is 2. The van der Waals surface area contributed by atoms with Crippen molar-refractivity contribution in [2.75, 3.05) is 26.2 Å². The van der Waals surface area contributed by atoms with Gasteiger partial charge in [-0.05, 0) is 38.0 Å². The minimum Gasteiger partial charge on any atom is -0.456 e. The quantitative estimate of drug-likeness (QED) is 0.582. The molecule has 1 atom stereocenters. The fourth-order valence-electron chi connectivity index (χ4n) is 3.75. The second-order valence-corrected chi connectivity index (χ2v) is 7.96. The largest absolute Gasteiger partial charge is 0.456 e. The molecule has 2 aromatic heterocycles. The molecule has 4 rings (SSSR count). The molecule has 1 aromatic carbocycles. The Labute approximate surface area is 186 Å². The lowest BCUT2D eigenvalue weighted by Gasteiger charge is -2.32. The Hall–Kier alpha value is -3.39. The third kappa shape index (κ3) is 5.26. The first-order valence-electron chi connectivity index (χ1n) is 10.7. The first-order valence-corrected chi connectivity index (χ1v) is 10.7. The number of carbonyl (C=O) groups excluding carboxylic acids is 2. The van der Waals surface area contributed by atoms with E-state index in [-0.39, 0.29) is 30.3 Å². The normalized spacial score (nSPS) is 16.4. The molecule has 0 spiro atoms. The maximum absolute atomic E-state index is 12.5. The van der Waals surface area contributed by atoms with Gasteiger partial charge in [-0.15, -0.1) is 0 Å². The molecular weight excluding hydrogens is 410 g/mol. The van der Waals surface area contributed by atoms with E-state index in [0.29, 0.717) is 31.8 Å². The van der Waals surface area contributed by atoms with Gasteiger partial charge < -0.3 is 23.9 Å². The Morgan fingerprint density at radius 2 is 2.00 bits per heavy atom. The number of aryl methyl sites for hydroxylation is 2. The van der Waals surface area contributed by atoms with E-state index in [1.165, 1.54) is 5.56 Å². The van der Waals surface area contributed by atoms with Gasteiger partial charge in [-0.25, -0.2) is 0 Å². The Kier molecular flexibility index (Phi) is 6.70. The summed E-state index contributed by atoms with van der Waals surface area (Å²) in [5.41, 5.74) is 2.95. The number of benzene rings is 1. The van der Waals surface area contributed by atoms with Gasteiger partial charge in [-0.1, -0.05) is 35.5 Å². The number of hydrogen-bond donors (Lipinski definition) is 1. The highest BCUT2D eigenvalue weighted by atomic mass is 16.5. The van der Waals surface area contributed by atoms with Crippen LogP contribution < -0.4 is 5.32 Å². The molecule has 8 nitrogen and oxygen atoms in total. The van der Waals surface area contributed by atoms with Crippen LogP contribution in [0.1, 0.15) is 38.9 Å². The van der Waals surface area contributed by atoms with Gasteiger partial charge in [-0.2, -0.15) is 0 Å². The molecular formula is C24H27N3O5. The van der Waals surface area contributed by atoms with Crippen LogP contribution in [0.3, 0.4) is 0 Å². The minimum atomic E-state index is -0.314. The van der Waals surface area contributed by atoms with Gasteiger partial charge in [0.05, 0.1) is 11.8 Å². The smallest absolute Gasteiger partial charge is 0.287 e. The highest BCUT2D eigenvalue weighted by Crippen LogP contribution is 2.19. The molecule has 3 aromatic rings. The zero-order chi connectivity index (χ0) is 22.5. The van der Waals surface area contributed by atoms with E-state index in [4.69, 9.17) is 13.7 Å². The summed E-state index contributed by atoms with van der Waals surface area (Å²) in [7, 11) is 0. The van der Waals surface area contributed by atoms with E-state index in [9.17, 15) is 9.59 Å². The van der Waals surface area contributed by atoms with Crippen LogP contribution in [0.25, 0.3) is 0 Å². The predicted molar refractivity (Wildman–Crippen MR) is 116 cm³/mol. The molecule has 168 valence electrons. The van der Waals surface area contributed by atoms with Crippen molar-refractivity contribution in [1.82, 2.24) is 15.4 Å². The van der Waals surface area contributed by atoms with Gasteiger partial charge in [0.15, 0.2) is 5.76 Å². The van der Waals surface area contributed by atoms with E-state index in [1.807, 2.05) is 44.2 Å². The van der Waals surface area contributed by atoms with Crippen LogP contribution in [-0.2, 0) is 22.4 Å². The predicted octanol–water partition coefficient (Wildman–Crippen LogP) is 2.68. The van der Waals surface area contributed by atoms with Gasteiger partial charge in [0.25, 0.3) is 5.91 Å². The van der Waals surface area contributed by atoms with Crippen molar-refractivity contribution < 1.29 is 23.3 Å². The molecule has 32 heavy (non-hydrogen) atoms. The first kappa shape index (κ1) is 21.8. The molecule has 0 radical (unpaired) electrons. The molecule has 2 amide bonds. The van der Waals surface area contributed by atoms with Crippen LogP contribution in [0.4, 0.5) is 0 Å². The summed E-state index contributed by atoms with van der Waals surface area (Å²) in [6, 6.07) is 13.5. The van der Waals surface area contributed by atoms with Gasteiger partial charge >= 0.3 is 0 Å². The summed E-state index contributed by atoms with van der Waals surface area (Å²) in [6.07, 6.45) is 1.04. The Balaban J connectivity index is 1.27. The SMILES string of the molecule is Cc1noc(C)c1Cc1ccc(C(=O)NCC2CN(CCc3ccccc3)C(=O)CO2)o1. The van der Waals surface area contributed by atoms with Gasteiger partial charge in [-0.3, -0.25) is 9.59 Å². The number of ether oxygens (including phenoxy) is 1. The third-order valence-electron chi connectivity index (χ3n) is 5.64. The van der Waals surface area contributed by atoms with Crippen molar-refractivity contribution in [3.63, 3.8) is 0 Å². The summed E-state index contributed by atoms with van der Waals surface area (Å²) in [6.45, 7) is 5.12. The van der Waals surface area contributed by atoms with Crippen molar-refractivity contribution >= 4 is 11.8 Å². The number of furan rings is 1. The second kappa shape index (κ2) is 9.82. The van der Waals surface area contributed by atoms with Crippen molar-refractivity contribution in [2.45, 2.75) is 32.8 Å². The molecule has 8 heteroatoms. The molecule has 3 heterocycles. The van der Waals surface area contributed by atoms with Crippen LogP contribution in [0.15, 0.2) is 51.4 Å². The van der Waals surface area contributed by atoms with E-state index in [1.54, 1.807) is 17.0 Å². The van der Waals surface area contributed by atoms with Gasteiger partial charge in [0.1, 0.15) is 18.1 Å². The maximum Gasteiger partial charge on any atom is 0.287 e. The van der Waals surface area contributed by atoms with Crippen LogP contribution in [0.2, 0.25) is 0 Å². The molecule has 1 aliphatic rings. The number of rotatable bonds is 8. The Morgan fingerprint density at radius 3 is 2.75 bits per heavy atom. The van der Waals surface area contributed by atoms with Crippen LogP contribution in [-0.4, -0.2) is 54.2 Å². The van der Waals surface area contributed by atoms with Crippen LogP contribution >= 0.6 is 0 Å². The molecule has 0 aliphatic carbocycles. The molecule has 1 saturated heterocycles. The van der Waals surface area contributed by atoms with Crippen LogP contribution in [0.5, 0.6) is 0 Å². The molecule has 0 saturated carbocycles.